The Bertz CT molecular complexity index is 1180. The fraction of sp³-hybridized carbons (Fsp3) is 0.143. The van der Waals surface area contributed by atoms with Crippen molar-refractivity contribution in [1.29, 1.82) is 0 Å². The highest BCUT2D eigenvalue weighted by Crippen LogP contribution is 2.31. The molecule has 0 N–H and O–H groups in total. The minimum atomic E-state index is -0.301. The Labute approximate surface area is 154 Å². The predicted octanol–water partition coefficient (Wildman–Crippen LogP) is 4.93. The monoisotopic (exact) mass is 364 g/mol. The number of nitrogens with zero attached hydrogens (tertiary/aromatic N) is 2. The zero-order valence-corrected chi connectivity index (χ0v) is 15.3. The van der Waals surface area contributed by atoms with Gasteiger partial charge < -0.3 is 0 Å². The van der Waals surface area contributed by atoms with Gasteiger partial charge in [-0.3, -0.25) is 9.36 Å². The van der Waals surface area contributed by atoms with Gasteiger partial charge in [-0.15, -0.1) is 11.3 Å². The summed E-state index contributed by atoms with van der Waals surface area (Å²) >= 11 is 1.35. The molecule has 2 aromatic carbocycles. The molecule has 4 aromatic rings. The van der Waals surface area contributed by atoms with Crippen LogP contribution in [0.15, 0.2) is 59.0 Å². The first-order chi connectivity index (χ1) is 12.5. The first kappa shape index (κ1) is 16.7. The Morgan fingerprint density at radius 1 is 1.15 bits per heavy atom. The van der Waals surface area contributed by atoms with Gasteiger partial charge >= 0.3 is 0 Å². The zero-order chi connectivity index (χ0) is 18.3. The van der Waals surface area contributed by atoms with Crippen molar-refractivity contribution in [2.75, 3.05) is 0 Å². The van der Waals surface area contributed by atoms with E-state index in [0.29, 0.717) is 16.8 Å². The second kappa shape index (κ2) is 6.50. The smallest absolute Gasteiger partial charge is 0.271 e. The lowest BCUT2D eigenvalue weighted by Gasteiger charge is -2.09. The maximum atomic E-state index is 13.5. The van der Waals surface area contributed by atoms with Gasteiger partial charge in [0.15, 0.2) is 0 Å². The predicted molar refractivity (Wildman–Crippen MR) is 104 cm³/mol. The topological polar surface area (TPSA) is 34.9 Å². The molecule has 0 saturated carbocycles. The molecule has 2 aromatic heterocycles. The van der Waals surface area contributed by atoms with Crippen LogP contribution in [0.2, 0.25) is 0 Å². The molecule has 3 nitrogen and oxygen atoms in total. The van der Waals surface area contributed by atoms with Crippen LogP contribution in [0.1, 0.15) is 16.7 Å². The van der Waals surface area contributed by atoms with Crippen molar-refractivity contribution in [3.05, 3.63) is 87.0 Å². The van der Waals surface area contributed by atoms with Gasteiger partial charge in [-0.2, -0.15) is 0 Å². The van der Waals surface area contributed by atoms with Crippen LogP contribution in [-0.4, -0.2) is 9.55 Å². The van der Waals surface area contributed by atoms with Gasteiger partial charge in [0.05, 0.1) is 18.4 Å². The molecule has 0 atom stereocenters. The summed E-state index contributed by atoms with van der Waals surface area (Å²) in [5, 5.41) is 1.87. The van der Waals surface area contributed by atoms with Gasteiger partial charge in [0.25, 0.3) is 5.56 Å². The molecule has 0 radical (unpaired) electrons. The molecule has 0 aliphatic heterocycles. The Morgan fingerprint density at radius 3 is 2.77 bits per heavy atom. The summed E-state index contributed by atoms with van der Waals surface area (Å²) in [7, 11) is 0. The van der Waals surface area contributed by atoms with E-state index in [1.807, 2.05) is 30.5 Å². The van der Waals surface area contributed by atoms with Crippen LogP contribution < -0.4 is 5.56 Å². The number of fused-ring (bicyclic) bond motifs is 1. The lowest BCUT2D eigenvalue weighted by Crippen LogP contribution is -2.20. The average Bonchev–Trinajstić information content (AvgIpc) is 3.04. The van der Waals surface area contributed by atoms with Gasteiger partial charge in [-0.1, -0.05) is 35.9 Å². The Morgan fingerprint density at radius 2 is 2.00 bits per heavy atom. The highest BCUT2D eigenvalue weighted by Gasteiger charge is 2.13. The molecule has 0 saturated heterocycles. The second-order valence-electron chi connectivity index (χ2n) is 6.45. The number of aryl methyl sites for hydroxylation is 2. The summed E-state index contributed by atoms with van der Waals surface area (Å²) in [6.07, 6.45) is 1.58. The first-order valence-electron chi connectivity index (χ1n) is 8.31. The third-order valence-corrected chi connectivity index (χ3v) is 5.48. The molecule has 0 spiro atoms. The summed E-state index contributed by atoms with van der Waals surface area (Å²) in [5.41, 5.74) is 5.54. The largest absolute Gasteiger partial charge is 0.294 e. The first-order valence-corrected chi connectivity index (χ1v) is 9.19. The normalized spacial score (nSPS) is 11.2. The molecular weight excluding hydrogens is 347 g/mol. The summed E-state index contributed by atoms with van der Waals surface area (Å²) < 4.78 is 15.8. The van der Waals surface area contributed by atoms with Crippen molar-refractivity contribution >= 4 is 21.6 Å². The van der Waals surface area contributed by atoms with E-state index in [0.717, 1.165) is 22.3 Å². The number of hydrogen-bond donors (Lipinski definition) is 0. The van der Waals surface area contributed by atoms with Gasteiger partial charge in [-0.05, 0) is 42.7 Å². The van der Waals surface area contributed by atoms with Crippen LogP contribution in [-0.2, 0) is 6.54 Å². The number of rotatable bonds is 3. The number of benzene rings is 2. The fourth-order valence-electron chi connectivity index (χ4n) is 3.12. The van der Waals surface area contributed by atoms with E-state index >= 15 is 0 Å². The fourth-order valence-corrected chi connectivity index (χ4v) is 4.10. The quantitative estimate of drug-likeness (QED) is 0.517. The Balaban J connectivity index is 1.78. The van der Waals surface area contributed by atoms with E-state index in [9.17, 15) is 9.18 Å². The molecule has 4 rings (SSSR count). The summed E-state index contributed by atoms with van der Waals surface area (Å²) in [4.78, 5) is 17.4. The molecule has 2 heterocycles. The van der Waals surface area contributed by atoms with Crippen molar-refractivity contribution < 1.29 is 4.39 Å². The number of halogens is 1. The molecule has 0 amide bonds. The third-order valence-electron chi connectivity index (χ3n) is 4.52. The van der Waals surface area contributed by atoms with Crippen LogP contribution in [0.25, 0.3) is 21.3 Å². The van der Waals surface area contributed by atoms with E-state index in [2.05, 4.69) is 18.0 Å². The molecule has 0 aliphatic rings. The van der Waals surface area contributed by atoms with Crippen LogP contribution in [0.3, 0.4) is 0 Å². The second-order valence-corrected chi connectivity index (χ2v) is 7.32. The maximum Gasteiger partial charge on any atom is 0.271 e. The van der Waals surface area contributed by atoms with E-state index < -0.39 is 0 Å². The maximum absolute atomic E-state index is 13.5. The Kier molecular flexibility index (Phi) is 4.17. The van der Waals surface area contributed by atoms with Crippen LogP contribution in [0.5, 0.6) is 0 Å². The highest BCUT2D eigenvalue weighted by molar-refractivity contribution is 7.17. The molecule has 0 unspecified atom stereocenters. The average molecular weight is 364 g/mol. The number of thiophene rings is 1. The standard InChI is InChI=1S/C21H17FN2OS/c1-13-6-7-16(14(2)8-13)10-24-12-23-19-18(11-26-20(19)21(24)25)15-4-3-5-17(22)9-15/h3-9,11-12H,10H2,1-2H3. The van der Waals surface area contributed by atoms with Crippen LogP contribution >= 0.6 is 11.3 Å². The van der Waals surface area contributed by atoms with Gasteiger partial charge in [0.1, 0.15) is 10.5 Å². The molecule has 0 aliphatic carbocycles. The minimum Gasteiger partial charge on any atom is -0.294 e. The number of hydrogen-bond acceptors (Lipinski definition) is 3. The van der Waals surface area contributed by atoms with E-state index in [1.54, 1.807) is 17.0 Å². The lowest BCUT2D eigenvalue weighted by molar-refractivity contribution is 0.628. The van der Waals surface area contributed by atoms with Gasteiger partial charge in [-0.25, -0.2) is 9.37 Å². The van der Waals surface area contributed by atoms with Crippen molar-refractivity contribution in [2.24, 2.45) is 0 Å². The zero-order valence-electron chi connectivity index (χ0n) is 14.5. The van der Waals surface area contributed by atoms with Crippen molar-refractivity contribution in [1.82, 2.24) is 9.55 Å². The SMILES string of the molecule is Cc1ccc(Cn2cnc3c(-c4cccc(F)c4)csc3c2=O)c(C)c1. The molecule has 0 fully saturated rings. The van der Waals surface area contributed by atoms with E-state index in [4.69, 9.17) is 0 Å². The summed E-state index contributed by atoms with van der Waals surface area (Å²) in [5.74, 6) is -0.301. The summed E-state index contributed by atoms with van der Waals surface area (Å²) in [6, 6.07) is 12.6. The van der Waals surface area contributed by atoms with Crippen molar-refractivity contribution in [2.45, 2.75) is 20.4 Å². The minimum absolute atomic E-state index is 0.0670. The van der Waals surface area contributed by atoms with Crippen molar-refractivity contribution in [3.8, 4) is 11.1 Å². The molecular formula is C21H17FN2OS. The number of aromatic nitrogens is 2. The molecule has 130 valence electrons. The van der Waals surface area contributed by atoms with Crippen LogP contribution in [0.4, 0.5) is 4.39 Å². The summed E-state index contributed by atoms with van der Waals surface area (Å²) in [6.45, 7) is 4.59. The van der Waals surface area contributed by atoms with Gasteiger partial charge in [0, 0.05) is 10.9 Å². The highest BCUT2D eigenvalue weighted by atomic mass is 32.1. The van der Waals surface area contributed by atoms with E-state index in [-0.39, 0.29) is 11.4 Å². The lowest BCUT2D eigenvalue weighted by atomic mass is 10.1. The molecule has 5 heteroatoms. The van der Waals surface area contributed by atoms with Gasteiger partial charge in [0.2, 0.25) is 0 Å². The van der Waals surface area contributed by atoms with Crippen molar-refractivity contribution in [3.63, 3.8) is 0 Å². The molecule has 26 heavy (non-hydrogen) atoms. The third kappa shape index (κ3) is 2.95. The van der Waals surface area contributed by atoms with E-state index in [1.165, 1.54) is 29.0 Å². The van der Waals surface area contributed by atoms with Crippen LogP contribution in [0, 0.1) is 19.7 Å². The molecule has 0 bridgehead atoms. The Hall–Kier alpha value is -2.79.